The number of ether oxygens (including phenoxy) is 2. The maximum Gasteiger partial charge on any atom is 0.178 e. The summed E-state index contributed by atoms with van der Waals surface area (Å²) >= 11 is 0. The van der Waals surface area contributed by atoms with Crippen LogP contribution in [0.3, 0.4) is 0 Å². The fraction of sp³-hybridized carbons (Fsp3) is 0.286. The van der Waals surface area contributed by atoms with Crippen LogP contribution in [-0.2, 0) is 16.1 Å². The number of hydrogen-bond acceptors (Lipinski definition) is 3. The summed E-state index contributed by atoms with van der Waals surface area (Å²) in [6.45, 7) is 2.26. The van der Waals surface area contributed by atoms with E-state index < -0.39 is 0 Å². The summed E-state index contributed by atoms with van der Waals surface area (Å²) in [6, 6.07) is 9.91. The number of allylic oxidation sites excluding steroid dienone is 3. The van der Waals surface area contributed by atoms with Gasteiger partial charge < -0.3 is 14.6 Å². The lowest BCUT2D eigenvalue weighted by molar-refractivity contribution is 0.0259. The molecule has 0 spiro atoms. The normalized spacial score (nSPS) is 19.1. The van der Waals surface area contributed by atoms with Crippen LogP contribution in [0.2, 0.25) is 0 Å². The van der Waals surface area contributed by atoms with Gasteiger partial charge in [-0.2, -0.15) is 0 Å². The largest absolute Gasteiger partial charge is 0.489 e. The molecule has 1 aliphatic rings. The number of aliphatic hydroxyl groups is 1. The molecule has 0 radical (unpaired) electrons. The predicted octanol–water partition coefficient (Wildman–Crippen LogP) is 2.38. The van der Waals surface area contributed by atoms with Crippen LogP contribution in [-0.4, -0.2) is 17.8 Å². The average Bonchev–Trinajstić information content (AvgIpc) is 2.38. The van der Waals surface area contributed by atoms with Crippen LogP contribution in [0.15, 0.2) is 54.0 Å². The van der Waals surface area contributed by atoms with Gasteiger partial charge in [0.2, 0.25) is 0 Å². The van der Waals surface area contributed by atoms with E-state index in [9.17, 15) is 5.11 Å². The second kappa shape index (κ2) is 5.55. The van der Waals surface area contributed by atoms with Crippen molar-refractivity contribution in [2.75, 3.05) is 6.61 Å². The Morgan fingerprint density at radius 2 is 2.00 bits per heavy atom. The third-order valence-corrected chi connectivity index (χ3v) is 2.54. The van der Waals surface area contributed by atoms with Crippen molar-refractivity contribution in [3.8, 4) is 0 Å². The summed E-state index contributed by atoms with van der Waals surface area (Å²) in [6.07, 6.45) is 3.30. The van der Waals surface area contributed by atoms with Gasteiger partial charge in [-0.3, -0.25) is 0 Å². The van der Waals surface area contributed by atoms with E-state index >= 15 is 0 Å². The zero-order chi connectivity index (χ0) is 12.1. The zero-order valence-electron chi connectivity index (χ0n) is 9.80. The Balaban J connectivity index is 1.98. The highest BCUT2D eigenvalue weighted by Crippen LogP contribution is 2.19. The fourth-order valence-corrected chi connectivity index (χ4v) is 1.64. The molecule has 0 saturated heterocycles. The number of benzene rings is 1. The first kappa shape index (κ1) is 11.7. The zero-order valence-corrected chi connectivity index (χ0v) is 9.80. The Bertz CT molecular complexity index is 420. The summed E-state index contributed by atoms with van der Waals surface area (Å²) in [5, 5.41) is 9.20. The molecule has 0 fully saturated rings. The molecule has 3 nitrogen and oxygen atoms in total. The quantitative estimate of drug-likeness (QED) is 0.866. The molecule has 1 N–H and O–H groups in total. The van der Waals surface area contributed by atoms with Crippen LogP contribution in [0.25, 0.3) is 0 Å². The van der Waals surface area contributed by atoms with E-state index in [0.717, 1.165) is 11.3 Å². The van der Waals surface area contributed by atoms with E-state index in [2.05, 4.69) is 0 Å². The van der Waals surface area contributed by atoms with E-state index in [4.69, 9.17) is 9.47 Å². The van der Waals surface area contributed by atoms with E-state index in [-0.39, 0.29) is 12.7 Å². The second-order valence-electron chi connectivity index (χ2n) is 3.91. The van der Waals surface area contributed by atoms with Crippen LogP contribution in [0.1, 0.15) is 12.5 Å². The highest BCUT2D eigenvalue weighted by molar-refractivity contribution is 5.19. The number of aliphatic hydroxyl groups excluding tert-OH is 1. The average molecular weight is 232 g/mol. The van der Waals surface area contributed by atoms with Crippen LogP contribution in [0, 0.1) is 0 Å². The molecule has 0 saturated carbocycles. The molecule has 0 aliphatic carbocycles. The molecule has 1 aromatic carbocycles. The van der Waals surface area contributed by atoms with Crippen LogP contribution in [0.4, 0.5) is 0 Å². The molecule has 1 unspecified atom stereocenters. The minimum atomic E-state index is -0.385. The fourth-order valence-electron chi connectivity index (χ4n) is 1.64. The van der Waals surface area contributed by atoms with Crippen molar-refractivity contribution < 1.29 is 14.6 Å². The lowest BCUT2D eigenvalue weighted by Crippen LogP contribution is -2.23. The summed E-state index contributed by atoms with van der Waals surface area (Å²) < 4.78 is 11.1. The maximum atomic E-state index is 9.20. The first-order chi connectivity index (χ1) is 8.29. The Morgan fingerprint density at radius 3 is 2.71 bits per heavy atom. The third kappa shape index (κ3) is 3.11. The summed E-state index contributed by atoms with van der Waals surface area (Å²) in [7, 11) is 0. The van der Waals surface area contributed by atoms with Gasteiger partial charge in [-0.05, 0) is 24.6 Å². The summed E-state index contributed by atoms with van der Waals surface area (Å²) in [4.78, 5) is 0. The van der Waals surface area contributed by atoms with Crippen molar-refractivity contribution in [2.24, 2.45) is 0 Å². The second-order valence-corrected chi connectivity index (χ2v) is 3.91. The Hall–Kier alpha value is -1.74. The van der Waals surface area contributed by atoms with Gasteiger partial charge in [0.05, 0.1) is 12.4 Å². The predicted molar refractivity (Wildman–Crippen MR) is 65.0 cm³/mol. The van der Waals surface area contributed by atoms with Gasteiger partial charge in [-0.15, -0.1) is 0 Å². The van der Waals surface area contributed by atoms with E-state index in [0.29, 0.717) is 12.4 Å². The lowest BCUT2D eigenvalue weighted by Gasteiger charge is -2.23. The molecule has 17 heavy (non-hydrogen) atoms. The van der Waals surface area contributed by atoms with Crippen molar-refractivity contribution in [1.29, 1.82) is 0 Å². The third-order valence-electron chi connectivity index (χ3n) is 2.54. The molecule has 3 heteroatoms. The van der Waals surface area contributed by atoms with Gasteiger partial charge in [0.1, 0.15) is 12.4 Å². The highest BCUT2D eigenvalue weighted by atomic mass is 16.5. The summed E-state index contributed by atoms with van der Waals surface area (Å²) in [5.41, 5.74) is 1.09. The van der Waals surface area contributed by atoms with Gasteiger partial charge in [-0.1, -0.05) is 30.3 Å². The van der Waals surface area contributed by atoms with E-state index in [1.54, 1.807) is 0 Å². The van der Waals surface area contributed by atoms with Gasteiger partial charge >= 0.3 is 0 Å². The summed E-state index contributed by atoms with van der Waals surface area (Å²) in [5.74, 6) is 1.46. The van der Waals surface area contributed by atoms with Crippen molar-refractivity contribution in [3.63, 3.8) is 0 Å². The molecule has 0 bridgehead atoms. The Kier molecular flexibility index (Phi) is 3.83. The lowest BCUT2D eigenvalue weighted by atomic mass is 10.2. The van der Waals surface area contributed by atoms with E-state index in [1.807, 2.05) is 49.4 Å². The van der Waals surface area contributed by atoms with Crippen molar-refractivity contribution in [3.05, 3.63) is 59.6 Å². The maximum absolute atomic E-state index is 9.20. The molecular weight excluding hydrogens is 216 g/mol. The number of hydrogen-bond donors (Lipinski definition) is 1. The van der Waals surface area contributed by atoms with Gasteiger partial charge in [0, 0.05) is 0 Å². The minimum Gasteiger partial charge on any atom is -0.489 e. The first-order valence-corrected chi connectivity index (χ1v) is 5.62. The van der Waals surface area contributed by atoms with E-state index in [1.165, 1.54) is 0 Å². The monoisotopic (exact) mass is 232 g/mol. The van der Waals surface area contributed by atoms with Crippen molar-refractivity contribution in [1.82, 2.24) is 0 Å². The van der Waals surface area contributed by atoms with Gasteiger partial charge in [0.15, 0.2) is 6.10 Å². The molecule has 90 valence electrons. The molecule has 1 aromatic rings. The molecular formula is C14H16O3. The van der Waals surface area contributed by atoms with Gasteiger partial charge in [-0.25, -0.2) is 0 Å². The topological polar surface area (TPSA) is 38.7 Å². The van der Waals surface area contributed by atoms with Crippen LogP contribution < -0.4 is 0 Å². The Morgan fingerprint density at radius 1 is 1.24 bits per heavy atom. The smallest absolute Gasteiger partial charge is 0.178 e. The first-order valence-electron chi connectivity index (χ1n) is 5.62. The minimum absolute atomic E-state index is 0.0776. The van der Waals surface area contributed by atoms with Gasteiger partial charge in [0.25, 0.3) is 0 Å². The molecule has 2 rings (SSSR count). The molecule has 1 aliphatic heterocycles. The number of rotatable bonds is 4. The molecule has 1 atom stereocenters. The Labute approximate surface area is 101 Å². The molecule has 1 heterocycles. The SMILES string of the molecule is CC1=CC=C(OCc2ccccc2)C(CO)O1. The van der Waals surface area contributed by atoms with Crippen LogP contribution >= 0.6 is 0 Å². The van der Waals surface area contributed by atoms with Crippen molar-refractivity contribution in [2.45, 2.75) is 19.6 Å². The van der Waals surface area contributed by atoms with Crippen molar-refractivity contribution >= 4 is 0 Å². The molecule has 0 amide bonds. The van der Waals surface area contributed by atoms with Crippen LogP contribution in [0.5, 0.6) is 0 Å². The standard InChI is InChI=1S/C14H16O3/c1-11-7-8-13(14(9-15)17-11)16-10-12-5-3-2-4-6-12/h2-8,14-15H,9-10H2,1H3. The molecule has 0 aromatic heterocycles. The highest BCUT2D eigenvalue weighted by Gasteiger charge is 2.19.